The first-order valence-electron chi connectivity index (χ1n) is 6.75. The molecule has 2 amide bonds. The summed E-state index contributed by atoms with van der Waals surface area (Å²) in [6.07, 6.45) is 5.73. The minimum atomic E-state index is -0.827. The van der Waals surface area contributed by atoms with E-state index in [-0.39, 0.29) is 24.4 Å². The normalized spacial score (nSPS) is 12.8. The Morgan fingerprint density at radius 1 is 1.29 bits per heavy atom. The van der Waals surface area contributed by atoms with Gasteiger partial charge in [0.2, 0.25) is 0 Å². The number of aliphatic carboxylic acids is 1. The molecule has 0 aliphatic carbocycles. The van der Waals surface area contributed by atoms with Gasteiger partial charge in [0.05, 0.1) is 6.42 Å². The van der Waals surface area contributed by atoms with Crippen molar-refractivity contribution in [3.05, 3.63) is 29.8 Å². The number of nitrogens with one attached hydrogen (secondary N) is 2. The molecule has 5 nitrogen and oxygen atoms in total. The molecule has 0 radical (unpaired) electrons. The van der Waals surface area contributed by atoms with E-state index in [1.54, 1.807) is 12.1 Å². The molecule has 1 rings (SSSR count). The van der Waals surface area contributed by atoms with Crippen LogP contribution in [0.15, 0.2) is 24.3 Å². The van der Waals surface area contributed by atoms with Gasteiger partial charge in [-0.15, -0.1) is 12.3 Å². The van der Waals surface area contributed by atoms with Crippen molar-refractivity contribution in [3.8, 4) is 12.3 Å². The lowest BCUT2D eigenvalue weighted by molar-refractivity contribution is -0.137. The van der Waals surface area contributed by atoms with Gasteiger partial charge in [0, 0.05) is 18.2 Å². The van der Waals surface area contributed by atoms with Crippen LogP contribution in [-0.2, 0) is 4.79 Å². The topological polar surface area (TPSA) is 78.4 Å². The van der Waals surface area contributed by atoms with Crippen molar-refractivity contribution in [2.75, 3.05) is 5.32 Å². The Bertz CT molecular complexity index is 531. The van der Waals surface area contributed by atoms with Gasteiger partial charge in [-0.05, 0) is 30.5 Å². The molecule has 2 atom stereocenters. The highest BCUT2D eigenvalue weighted by Gasteiger charge is 2.10. The monoisotopic (exact) mass is 288 g/mol. The van der Waals surface area contributed by atoms with E-state index >= 15 is 0 Å². The molecule has 0 spiro atoms. The molecule has 0 aliphatic heterocycles. The van der Waals surface area contributed by atoms with Crippen LogP contribution in [0.1, 0.15) is 38.2 Å². The highest BCUT2D eigenvalue weighted by molar-refractivity contribution is 5.89. The van der Waals surface area contributed by atoms with Crippen LogP contribution in [0.2, 0.25) is 0 Å². The Hall–Kier alpha value is -2.48. The fraction of sp³-hybridized carbons (Fsp3) is 0.375. The molecular weight excluding hydrogens is 268 g/mol. The van der Waals surface area contributed by atoms with E-state index in [1.807, 2.05) is 26.0 Å². The lowest BCUT2D eigenvalue weighted by atomic mass is 9.98. The maximum Gasteiger partial charge on any atom is 0.319 e. The van der Waals surface area contributed by atoms with Gasteiger partial charge in [-0.1, -0.05) is 19.1 Å². The molecular formula is C16H20N2O3. The maximum absolute atomic E-state index is 11.7. The van der Waals surface area contributed by atoms with E-state index in [9.17, 15) is 9.59 Å². The first kappa shape index (κ1) is 16.6. The number of carbonyl (C=O) groups excluding carboxylic acids is 1. The third-order valence-electron chi connectivity index (χ3n) is 3.02. The SMILES string of the molecule is C#CCC(C)NC(=O)Nc1ccc(C(C)CC(=O)O)cc1. The van der Waals surface area contributed by atoms with Crippen molar-refractivity contribution in [2.24, 2.45) is 0 Å². The number of urea groups is 1. The first-order chi connectivity index (χ1) is 9.92. The molecule has 5 heteroatoms. The Morgan fingerprint density at radius 2 is 1.90 bits per heavy atom. The van der Waals surface area contributed by atoms with Crippen molar-refractivity contribution in [1.82, 2.24) is 5.32 Å². The van der Waals surface area contributed by atoms with Crippen molar-refractivity contribution in [2.45, 2.75) is 38.6 Å². The van der Waals surface area contributed by atoms with Crippen molar-refractivity contribution in [1.29, 1.82) is 0 Å². The minimum absolute atomic E-state index is 0.0685. The summed E-state index contributed by atoms with van der Waals surface area (Å²) in [5.41, 5.74) is 1.57. The van der Waals surface area contributed by atoms with Crippen LogP contribution in [0.3, 0.4) is 0 Å². The van der Waals surface area contributed by atoms with E-state index in [4.69, 9.17) is 11.5 Å². The number of carboxylic acid groups (broad SMARTS) is 1. The largest absolute Gasteiger partial charge is 0.481 e. The minimum Gasteiger partial charge on any atom is -0.481 e. The molecule has 0 aliphatic rings. The molecule has 112 valence electrons. The lowest BCUT2D eigenvalue weighted by Gasteiger charge is -2.13. The predicted octanol–water partition coefficient (Wildman–Crippen LogP) is 2.80. The van der Waals surface area contributed by atoms with Gasteiger partial charge >= 0.3 is 12.0 Å². The molecule has 1 aromatic carbocycles. The van der Waals surface area contributed by atoms with Crippen molar-refractivity contribution in [3.63, 3.8) is 0 Å². The van der Waals surface area contributed by atoms with Crippen LogP contribution in [-0.4, -0.2) is 23.1 Å². The van der Waals surface area contributed by atoms with Gasteiger partial charge in [-0.2, -0.15) is 0 Å². The molecule has 0 fully saturated rings. The fourth-order valence-corrected chi connectivity index (χ4v) is 1.89. The zero-order valence-electron chi connectivity index (χ0n) is 12.2. The second-order valence-corrected chi connectivity index (χ2v) is 5.03. The molecule has 0 saturated carbocycles. The number of anilines is 1. The molecule has 0 saturated heterocycles. The summed E-state index contributed by atoms with van der Waals surface area (Å²) in [7, 11) is 0. The van der Waals surface area contributed by atoms with E-state index < -0.39 is 5.97 Å². The number of carboxylic acids is 1. The van der Waals surface area contributed by atoms with Crippen LogP contribution in [0.4, 0.5) is 10.5 Å². The zero-order valence-corrected chi connectivity index (χ0v) is 12.2. The maximum atomic E-state index is 11.7. The average molecular weight is 288 g/mol. The van der Waals surface area contributed by atoms with Crippen molar-refractivity contribution >= 4 is 17.7 Å². The molecule has 0 bridgehead atoms. The summed E-state index contributed by atoms with van der Waals surface area (Å²) in [6.45, 7) is 3.68. The Labute approximate surface area is 124 Å². The van der Waals surface area contributed by atoms with E-state index in [2.05, 4.69) is 16.6 Å². The van der Waals surface area contributed by atoms with Crippen LogP contribution in [0.25, 0.3) is 0 Å². The van der Waals surface area contributed by atoms with Gasteiger partial charge < -0.3 is 15.7 Å². The average Bonchev–Trinajstić information content (AvgIpc) is 2.38. The van der Waals surface area contributed by atoms with Crippen LogP contribution in [0, 0.1) is 12.3 Å². The van der Waals surface area contributed by atoms with Crippen LogP contribution >= 0.6 is 0 Å². The number of amides is 2. The van der Waals surface area contributed by atoms with Gasteiger partial charge in [-0.3, -0.25) is 4.79 Å². The van der Waals surface area contributed by atoms with Gasteiger partial charge in [-0.25, -0.2) is 4.79 Å². The van der Waals surface area contributed by atoms with Gasteiger partial charge in [0.1, 0.15) is 0 Å². The number of hydrogen-bond donors (Lipinski definition) is 3. The quantitative estimate of drug-likeness (QED) is 0.704. The number of carbonyl (C=O) groups is 2. The molecule has 1 aromatic rings. The third-order valence-corrected chi connectivity index (χ3v) is 3.02. The van der Waals surface area contributed by atoms with Crippen LogP contribution in [0.5, 0.6) is 0 Å². The Kier molecular flexibility index (Phi) is 6.28. The first-order valence-corrected chi connectivity index (χ1v) is 6.75. The standard InChI is InChI=1S/C16H20N2O3/c1-4-5-12(3)17-16(21)18-14-8-6-13(7-9-14)11(2)10-15(19)20/h1,6-9,11-12H,5,10H2,2-3H3,(H,19,20)(H2,17,18,21). The zero-order chi connectivity index (χ0) is 15.8. The smallest absolute Gasteiger partial charge is 0.319 e. The highest BCUT2D eigenvalue weighted by Crippen LogP contribution is 2.20. The van der Waals surface area contributed by atoms with Gasteiger partial charge in [0.15, 0.2) is 0 Å². The summed E-state index contributed by atoms with van der Waals surface area (Å²) in [5, 5.41) is 14.2. The molecule has 0 aromatic heterocycles. The third kappa shape index (κ3) is 6.00. The second kappa shape index (κ2) is 7.95. The molecule has 3 N–H and O–H groups in total. The number of benzene rings is 1. The van der Waals surface area contributed by atoms with Crippen LogP contribution < -0.4 is 10.6 Å². The summed E-state index contributed by atoms with van der Waals surface area (Å²) < 4.78 is 0. The van der Waals surface area contributed by atoms with E-state index in [0.29, 0.717) is 12.1 Å². The number of hydrogen-bond acceptors (Lipinski definition) is 2. The predicted molar refractivity (Wildman–Crippen MR) is 82.2 cm³/mol. The van der Waals surface area contributed by atoms with Crippen molar-refractivity contribution < 1.29 is 14.7 Å². The summed E-state index contributed by atoms with van der Waals surface area (Å²) in [4.78, 5) is 22.4. The summed E-state index contributed by atoms with van der Waals surface area (Å²) in [5.74, 6) is 1.59. The van der Waals surface area contributed by atoms with Gasteiger partial charge in [0.25, 0.3) is 0 Å². The molecule has 2 unspecified atom stereocenters. The molecule has 0 heterocycles. The lowest BCUT2D eigenvalue weighted by Crippen LogP contribution is -2.35. The fourth-order valence-electron chi connectivity index (χ4n) is 1.89. The Morgan fingerprint density at radius 3 is 2.43 bits per heavy atom. The highest BCUT2D eigenvalue weighted by atomic mass is 16.4. The summed E-state index contributed by atoms with van der Waals surface area (Å²) >= 11 is 0. The second-order valence-electron chi connectivity index (χ2n) is 5.03. The van der Waals surface area contributed by atoms with E-state index in [0.717, 1.165) is 5.56 Å². The van der Waals surface area contributed by atoms with E-state index in [1.165, 1.54) is 0 Å². The Balaban J connectivity index is 2.56. The summed E-state index contributed by atoms with van der Waals surface area (Å²) in [6, 6.07) is 6.72. The number of rotatable bonds is 6. The number of terminal acetylenes is 1. The molecule has 21 heavy (non-hydrogen) atoms.